The number of amides is 2. The molecule has 1 saturated heterocycles. The minimum atomic E-state index is -0.283. The molecule has 0 aromatic heterocycles. The number of ether oxygens (including phenoxy) is 1. The Balaban J connectivity index is 1.55. The number of rotatable bonds is 5. The Morgan fingerprint density at radius 2 is 2.11 bits per heavy atom. The zero-order valence-electron chi connectivity index (χ0n) is 15.8. The van der Waals surface area contributed by atoms with Gasteiger partial charge in [-0.3, -0.25) is 14.5 Å². The van der Waals surface area contributed by atoms with E-state index in [1.807, 2.05) is 0 Å². The van der Waals surface area contributed by atoms with Gasteiger partial charge in [0, 0.05) is 44.7 Å². The number of nitrogens with zero attached hydrogens (tertiary/aromatic N) is 2. The highest BCUT2D eigenvalue weighted by molar-refractivity contribution is 5.86. The fourth-order valence-corrected chi connectivity index (χ4v) is 4.24. The molecule has 1 saturated carbocycles. The fourth-order valence-electron chi connectivity index (χ4n) is 4.24. The second-order valence-corrected chi connectivity index (χ2v) is 8.11. The lowest BCUT2D eigenvalue weighted by Crippen LogP contribution is -2.42. The van der Waals surface area contributed by atoms with E-state index in [1.165, 1.54) is 23.8 Å². The summed E-state index contributed by atoms with van der Waals surface area (Å²) in [5.41, 5.74) is 0.839. The first-order chi connectivity index (χ1) is 12.9. The molecule has 146 valence electrons. The average molecular weight is 375 g/mol. The predicted octanol–water partition coefficient (Wildman–Crippen LogP) is 1.42. The van der Waals surface area contributed by atoms with E-state index < -0.39 is 0 Å². The molecule has 0 unspecified atom stereocenters. The Hall–Kier alpha value is -2.15. The van der Waals surface area contributed by atoms with Gasteiger partial charge in [-0.15, -0.1) is 0 Å². The molecule has 2 heterocycles. The molecule has 1 aliphatic carbocycles. The van der Waals surface area contributed by atoms with E-state index in [0.717, 1.165) is 12.1 Å². The van der Waals surface area contributed by atoms with Crippen molar-refractivity contribution in [2.75, 3.05) is 40.3 Å². The van der Waals surface area contributed by atoms with Crippen LogP contribution in [0, 0.1) is 23.6 Å². The van der Waals surface area contributed by atoms with Crippen molar-refractivity contribution in [1.29, 1.82) is 0 Å². The molecule has 0 bridgehead atoms. The topological polar surface area (TPSA) is 61.9 Å². The van der Waals surface area contributed by atoms with Gasteiger partial charge in [-0.25, -0.2) is 4.39 Å². The number of likely N-dealkylation sites (tertiary alicyclic amines) is 1. The first-order valence-corrected chi connectivity index (χ1v) is 9.58. The molecular formula is C20H26FN3O3. The van der Waals surface area contributed by atoms with E-state index in [4.69, 9.17) is 4.74 Å². The van der Waals surface area contributed by atoms with Crippen molar-refractivity contribution in [3.05, 3.63) is 29.6 Å². The molecule has 1 aromatic rings. The zero-order valence-corrected chi connectivity index (χ0v) is 15.8. The lowest BCUT2D eigenvalue weighted by atomic mass is 9.85. The Bertz CT molecular complexity index is 750. The highest BCUT2D eigenvalue weighted by Crippen LogP contribution is 2.49. The van der Waals surface area contributed by atoms with Crippen LogP contribution in [-0.2, 0) is 9.59 Å². The SMILES string of the molecule is CN(C)C(=O)CNC(=O)[C@@H]1CN(CC2CC2)[C@H]2c3cc(F)ccc3OC[C@@H]12. The van der Waals surface area contributed by atoms with E-state index in [0.29, 0.717) is 24.8 Å². The molecule has 27 heavy (non-hydrogen) atoms. The molecule has 3 aliphatic rings. The molecule has 6 nitrogen and oxygen atoms in total. The van der Waals surface area contributed by atoms with Crippen molar-refractivity contribution in [3.63, 3.8) is 0 Å². The van der Waals surface area contributed by atoms with Crippen molar-refractivity contribution >= 4 is 11.8 Å². The van der Waals surface area contributed by atoms with Crippen molar-refractivity contribution in [2.45, 2.75) is 18.9 Å². The van der Waals surface area contributed by atoms with Gasteiger partial charge in [-0.1, -0.05) is 0 Å². The third-order valence-corrected chi connectivity index (χ3v) is 5.91. The maximum absolute atomic E-state index is 13.9. The van der Waals surface area contributed by atoms with Crippen LogP contribution >= 0.6 is 0 Å². The average Bonchev–Trinajstić information content (AvgIpc) is 3.38. The molecule has 2 amide bonds. The maximum atomic E-state index is 13.9. The van der Waals surface area contributed by atoms with Crippen LogP contribution in [0.15, 0.2) is 18.2 Å². The van der Waals surface area contributed by atoms with Crippen molar-refractivity contribution < 1.29 is 18.7 Å². The number of carbonyl (C=O) groups excluding carboxylic acids is 2. The summed E-state index contributed by atoms with van der Waals surface area (Å²) in [5.74, 6) is 0.536. The fraction of sp³-hybridized carbons (Fsp3) is 0.600. The van der Waals surface area contributed by atoms with Crippen LogP contribution in [0.25, 0.3) is 0 Å². The van der Waals surface area contributed by atoms with Gasteiger partial charge in [0.15, 0.2) is 0 Å². The number of benzene rings is 1. The van der Waals surface area contributed by atoms with Crippen molar-refractivity contribution in [2.24, 2.45) is 17.8 Å². The van der Waals surface area contributed by atoms with Crippen molar-refractivity contribution in [1.82, 2.24) is 15.1 Å². The minimum Gasteiger partial charge on any atom is -0.493 e. The normalized spacial score (nSPS) is 26.7. The minimum absolute atomic E-state index is 0.00554. The number of carbonyl (C=O) groups is 2. The van der Waals surface area contributed by atoms with Crippen LogP contribution in [0.4, 0.5) is 4.39 Å². The summed E-state index contributed by atoms with van der Waals surface area (Å²) in [4.78, 5) is 28.4. The van der Waals surface area contributed by atoms with Crippen LogP contribution in [0.3, 0.4) is 0 Å². The van der Waals surface area contributed by atoms with Gasteiger partial charge in [-0.05, 0) is 37.0 Å². The second-order valence-electron chi connectivity index (χ2n) is 8.11. The standard InChI is InChI=1S/C20H26FN3O3/c1-23(2)18(25)8-22-20(26)15-10-24(9-12-3-4-12)19-14-7-13(21)5-6-17(14)27-11-16(15)19/h5-7,12,15-16,19H,3-4,8-11H2,1-2H3,(H,22,26)/t15-,16+,19+/m1/s1. The molecule has 2 fully saturated rings. The summed E-state index contributed by atoms with van der Waals surface area (Å²) in [7, 11) is 3.33. The third-order valence-electron chi connectivity index (χ3n) is 5.91. The smallest absolute Gasteiger partial charge is 0.241 e. The Morgan fingerprint density at radius 3 is 2.81 bits per heavy atom. The number of nitrogens with one attached hydrogen (secondary N) is 1. The number of hydrogen-bond donors (Lipinski definition) is 1. The van der Waals surface area contributed by atoms with Gasteiger partial charge in [-0.2, -0.15) is 0 Å². The first kappa shape index (κ1) is 18.2. The molecular weight excluding hydrogens is 349 g/mol. The number of hydrogen-bond acceptors (Lipinski definition) is 4. The predicted molar refractivity (Wildman–Crippen MR) is 97.6 cm³/mol. The van der Waals surface area contributed by atoms with Crippen LogP contribution in [-0.4, -0.2) is 62.0 Å². The van der Waals surface area contributed by atoms with Crippen LogP contribution in [0.1, 0.15) is 24.4 Å². The third kappa shape index (κ3) is 3.65. The highest BCUT2D eigenvalue weighted by atomic mass is 19.1. The number of likely N-dealkylation sites (N-methyl/N-ethyl adjacent to an activating group) is 1. The zero-order chi connectivity index (χ0) is 19.1. The summed E-state index contributed by atoms with van der Waals surface area (Å²) in [5, 5.41) is 2.78. The lowest BCUT2D eigenvalue weighted by molar-refractivity contribution is -0.132. The van der Waals surface area contributed by atoms with Gasteiger partial charge < -0.3 is 15.0 Å². The van der Waals surface area contributed by atoms with Crippen LogP contribution in [0.2, 0.25) is 0 Å². The monoisotopic (exact) mass is 375 g/mol. The van der Waals surface area contributed by atoms with E-state index in [2.05, 4.69) is 10.2 Å². The Labute approximate surface area is 158 Å². The van der Waals surface area contributed by atoms with E-state index in [1.54, 1.807) is 26.2 Å². The number of halogens is 1. The quantitative estimate of drug-likeness (QED) is 0.846. The largest absolute Gasteiger partial charge is 0.493 e. The highest BCUT2D eigenvalue weighted by Gasteiger charge is 2.50. The van der Waals surface area contributed by atoms with Gasteiger partial charge >= 0.3 is 0 Å². The van der Waals surface area contributed by atoms with Gasteiger partial charge in [0.05, 0.1) is 19.1 Å². The Morgan fingerprint density at radius 1 is 1.33 bits per heavy atom. The second kappa shape index (κ2) is 7.11. The van der Waals surface area contributed by atoms with E-state index in [9.17, 15) is 14.0 Å². The van der Waals surface area contributed by atoms with Gasteiger partial charge in [0.2, 0.25) is 11.8 Å². The van der Waals surface area contributed by atoms with Gasteiger partial charge in [0.25, 0.3) is 0 Å². The molecule has 2 aliphatic heterocycles. The molecule has 1 aromatic carbocycles. The van der Waals surface area contributed by atoms with Crippen molar-refractivity contribution in [3.8, 4) is 5.75 Å². The summed E-state index contributed by atoms with van der Waals surface area (Å²) in [6, 6.07) is 4.63. The van der Waals surface area contributed by atoms with E-state index >= 15 is 0 Å². The summed E-state index contributed by atoms with van der Waals surface area (Å²) in [6.45, 7) is 1.98. The van der Waals surface area contributed by atoms with Gasteiger partial charge in [0.1, 0.15) is 11.6 Å². The molecule has 4 rings (SSSR count). The first-order valence-electron chi connectivity index (χ1n) is 9.58. The molecule has 7 heteroatoms. The Kier molecular flexibility index (Phi) is 4.80. The van der Waals surface area contributed by atoms with Crippen LogP contribution in [0.5, 0.6) is 5.75 Å². The summed E-state index contributed by atoms with van der Waals surface area (Å²) >= 11 is 0. The number of fused-ring (bicyclic) bond motifs is 3. The van der Waals surface area contributed by atoms with E-state index in [-0.39, 0.29) is 42.1 Å². The lowest BCUT2D eigenvalue weighted by Gasteiger charge is -2.34. The molecule has 0 radical (unpaired) electrons. The summed E-state index contributed by atoms with van der Waals surface area (Å²) < 4.78 is 19.8. The molecule has 1 N–H and O–H groups in total. The molecule has 0 spiro atoms. The summed E-state index contributed by atoms with van der Waals surface area (Å²) in [6.07, 6.45) is 2.43. The van der Waals surface area contributed by atoms with Crippen LogP contribution < -0.4 is 10.1 Å². The maximum Gasteiger partial charge on any atom is 0.241 e. The molecule has 3 atom stereocenters.